The second-order valence-corrected chi connectivity index (χ2v) is 6.36. The lowest BCUT2D eigenvalue weighted by atomic mass is 9.83. The zero-order valence-electron chi connectivity index (χ0n) is 13.7. The van der Waals surface area contributed by atoms with Crippen molar-refractivity contribution in [2.45, 2.75) is 19.3 Å². The minimum atomic E-state index is 0.165. The summed E-state index contributed by atoms with van der Waals surface area (Å²) in [5.74, 6) is 1.04. The average molecular weight is 309 g/mol. The van der Waals surface area contributed by atoms with Crippen molar-refractivity contribution in [3.8, 4) is 0 Å². The predicted octanol–water partition coefficient (Wildman–Crippen LogP) is 2.60. The van der Waals surface area contributed by atoms with Crippen molar-refractivity contribution in [1.82, 2.24) is 9.88 Å². The first-order valence-corrected chi connectivity index (χ1v) is 7.99. The largest absolute Gasteiger partial charge is 0.370 e. The van der Waals surface area contributed by atoms with Crippen molar-refractivity contribution in [2.24, 2.45) is 16.6 Å². The van der Waals surface area contributed by atoms with E-state index in [1.807, 2.05) is 23.4 Å². The smallest absolute Gasteiger partial charge is 0.188 e. The van der Waals surface area contributed by atoms with E-state index in [1.54, 1.807) is 7.05 Å². The number of hydrogen-bond acceptors (Lipinski definition) is 3. The molecule has 0 amide bonds. The summed E-state index contributed by atoms with van der Waals surface area (Å²) in [5.41, 5.74) is 9.05. The maximum absolute atomic E-state index is 7.76. The zero-order valence-corrected chi connectivity index (χ0v) is 13.7. The zero-order chi connectivity index (χ0) is 16.4. The number of likely N-dealkylation sites (tertiary alicyclic amines) is 1. The van der Waals surface area contributed by atoms with Crippen molar-refractivity contribution in [3.05, 3.63) is 41.6 Å². The summed E-state index contributed by atoms with van der Waals surface area (Å²) in [4.78, 5) is 10.7. The number of aliphatic imine (C=N–C) groups is 1. The van der Waals surface area contributed by atoms with E-state index >= 15 is 0 Å². The first-order valence-electron chi connectivity index (χ1n) is 7.99. The van der Waals surface area contributed by atoms with Gasteiger partial charge in [0.15, 0.2) is 5.96 Å². The number of piperidine rings is 1. The summed E-state index contributed by atoms with van der Waals surface area (Å²) < 4.78 is 0. The highest BCUT2D eigenvalue weighted by atomic mass is 15.2. The lowest BCUT2D eigenvalue weighted by Crippen LogP contribution is -2.45. The Labute approximate surface area is 136 Å². The first-order chi connectivity index (χ1) is 11.1. The van der Waals surface area contributed by atoms with Crippen LogP contribution >= 0.6 is 0 Å². The van der Waals surface area contributed by atoms with Crippen LogP contribution < -0.4 is 5.73 Å². The lowest BCUT2D eigenvalue weighted by molar-refractivity contribution is 0.242. The van der Waals surface area contributed by atoms with Gasteiger partial charge in [0.2, 0.25) is 0 Å². The SMILES string of the molecule is C/N=C/c1ccc([C@H]2C[C@@H](C)CN(C(=N)N)C2)c2cccnc12. The standard InChI is InChI=1S/C18H23N5/c1-12-8-14(11-23(10-12)18(19)20)15-6-5-13(9-21-2)17-16(15)4-3-7-22-17/h3-7,9,12,14H,8,10-11H2,1-2H3,(H3,19,20)/b21-9+/t12-,14+/m1/s1. The minimum Gasteiger partial charge on any atom is -0.370 e. The normalized spacial score (nSPS) is 21.9. The van der Waals surface area contributed by atoms with Crippen LogP contribution in [0.5, 0.6) is 0 Å². The van der Waals surface area contributed by atoms with Crippen LogP contribution in [0.4, 0.5) is 0 Å². The predicted molar refractivity (Wildman–Crippen MR) is 95.3 cm³/mol. The van der Waals surface area contributed by atoms with E-state index in [4.69, 9.17) is 11.1 Å². The van der Waals surface area contributed by atoms with Crippen LogP contribution in [0.25, 0.3) is 10.9 Å². The van der Waals surface area contributed by atoms with Crippen LogP contribution in [0, 0.1) is 11.3 Å². The molecule has 0 unspecified atom stereocenters. The van der Waals surface area contributed by atoms with Gasteiger partial charge in [-0.05, 0) is 24.0 Å². The highest BCUT2D eigenvalue weighted by Gasteiger charge is 2.27. The van der Waals surface area contributed by atoms with Gasteiger partial charge in [0, 0.05) is 49.4 Å². The summed E-state index contributed by atoms with van der Waals surface area (Å²) in [5, 5.41) is 8.93. The molecule has 1 fully saturated rings. The van der Waals surface area contributed by atoms with Gasteiger partial charge < -0.3 is 10.6 Å². The third-order valence-corrected chi connectivity index (χ3v) is 4.54. The van der Waals surface area contributed by atoms with Gasteiger partial charge in [-0.15, -0.1) is 0 Å². The van der Waals surface area contributed by atoms with E-state index < -0.39 is 0 Å². The van der Waals surface area contributed by atoms with E-state index in [-0.39, 0.29) is 5.96 Å². The molecule has 0 bridgehead atoms. The maximum Gasteiger partial charge on any atom is 0.188 e. The van der Waals surface area contributed by atoms with Crippen molar-refractivity contribution in [3.63, 3.8) is 0 Å². The van der Waals surface area contributed by atoms with Crippen LogP contribution in [-0.2, 0) is 0 Å². The molecule has 1 aromatic heterocycles. The van der Waals surface area contributed by atoms with Crippen molar-refractivity contribution in [1.29, 1.82) is 5.41 Å². The fourth-order valence-electron chi connectivity index (χ4n) is 3.59. The fourth-order valence-corrected chi connectivity index (χ4v) is 3.59. The summed E-state index contributed by atoms with van der Waals surface area (Å²) >= 11 is 0. The molecule has 0 saturated carbocycles. The molecule has 1 aliphatic heterocycles. The topological polar surface area (TPSA) is 78.4 Å². The third-order valence-electron chi connectivity index (χ3n) is 4.54. The van der Waals surface area contributed by atoms with Crippen molar-refractivity contribution < 1.29 is 0 Å². The van der Waals surface area contributed by atoms with Gasteiger partial charge in [0.25, 0.3) is 0 Å². The number of aromatic nitrogens is 1. The molecule has 2 aromatic rings. The van der Waals surface area contributed by atoms with Crippen molar-refractivity contribution in [2.75, 3.05) is 20.1 Å². The molecule has 2 atom stereocenters. The van der Waals surface area contributed by atoms with E-state index in [0.717, 1.165) is 30.6 Å². The Bertz CT molecular complexity index is 752. The van der Waals surface area contributed by atoms with E-state index in [2.05, 4.69) is 35.1 Å². The van der Waals surface area contributed by atoms with Crippen molar-refractivity contribution >= 4 is 23.1 Å². The molecule has 3 rings (SSSR count). The molecule has 23 heavy (non-hydrogen) atoms. The molecular formula is C18H23N5. The Morgan fingerprint density at radius 3 is 2.96 bits per heavy atom. The number of nitrogens with zero attached hydrogens (tertiary/aromatic N) is 3. The van der Waals surface area contributed by atoms with Gasteiger partial charge in [-0.2, -0.15) is 0 Å². The number of fused-ring (bicyclic) bond motifs is 1. The minimum absolute atomic E-state index is 0.165. The molecule has 1 aromatic carbocycles. The summed E-state index contributed by atoms with van der Waals surface area (Å²) in [6, 6.07) is 8.38. The molecule has 5 nitrogen and oxygen atoms in total. The Morgan fingerprint density at radius 2 is 2.22 bits per heavy atom. The molecule has 0 radical (unpaired) electrons. The molecule has 3 N–H and O–H groups in total. The second-order valence-electron chi connectivity index (χ2n) is 6.36. The van der Waals surface area contributed by atoms with E-state index in [0.29, 0.717) is 11.8 Å². The summed E-state index contributed by atoms with van der Waals surface area (Å²) in [6.45, 7) is 3.88. The van der Waals surface area contributed by atoms with Crippen LogP contribution in [0.15, 0.2) is 35.5 Å². The quantitative estimate of drug-likeness (QED) is 0.661. The number of guanidine groups is 1. The Balaban J connectivity index is 2.06. The Morgan fingerprint density at radius 1 is 1.39 bits per heavy atom. The van der Waals surface area contributed by atoms with E-state index in [9.17, 15) is 0 Å². The maximum atomic E-state index is 7.76. The lowest BCUT2D eigenvalue weighted by Gasteiger charge is -2.37. The monoisotopic (exact) mass is 309 g/mol. The first kappa shape index (κ1) is 15.5. The molecule has 120 valence electrons. The Kier molecular flexibility index (Phi) is 4.28. The molecule has 5 heteroatoms. The number of rotatable bonds is 2. The number of hydrogen-bond donors (Lipinski definition) is 2. The van der Waals surface area contributed by atoms with Crippen LogP contribution in [0.3, 0.4) is 0 Å². The van der Waals surface area contributed by atoms with Crippen LogP contribution in [0.1, 0.15) is 30.4 Å². The van der Waals surface area contributed by atoms with Crippen LogP contribution in [-0.4, -0.2) is 42.2 Å². The molecular weight excluding hydrogens is 286 g/mol. The fraction of sp³-hybridized carbons (Fsp3) is 0.389. The molecule has 2 heterocycles. The van der Waals surface area contributed by atoms with Gasteiger partial charge in [0.05, 0.1) is 5.52 Å². The van der Waals surface area contributed by atoms with Gasteiger partial charge >= 0.3 is 0 Å². The molecule has 0 aliphatic carbocycles. The summed E-state index contributed by atoms with van der Waals surface area (Å²) in [6.07, 6.45) is 4.78. The molecule has 0 spiro atoms. The Hall–Kier alpha value is -2.43. The summed E-state index contributed by atoms with van der Waals surface area (Å²) in [7, 11) is 1.77. The van der Waals surface area contributed by atoms with Gasteiger partial charge in [-0.25, -0.2) is 0 Å². The average Bonchev–Trinajstić information content (AvgIpc) is 2.54. The highest BCUT2D eigenvalue weighted by molar-refractivity contribution is 5.99. The second kappa shape index (κ2) is 6.36. The number of pyridine rings is 1. The molecule has 1 saturated heterocycles. The van der Waals surface area contributed by atoms with Gasteiger partial charge in [-0.1, -0.05) is 25.1 Å². The number of benzene rings is 1. The number of nitrogens with two attached hydrogens (primary N) is 1. The highest BCUT2D eigenvalue weighted by Crippen LogP contribution is 2.34. The van der Waals surface area contributed by atoms with Gasteiger partial charge in [-0.3, -0.25) is 15.4 Å². The van der Waals surface area contributed by atoms with Gasteiger partial charge in [0.1, 0.15) is 0 Å². The van der Waals surface area contributed by atoms with Crippen LogP contribution in [0.2, 0.25) is 0 Å². The number of nitrogens with one attached hydrogen (secondary N) is 1. The van der Waals surface area contributed by atoms with E-state index in [1.165, 1.54) is 10.9 Å². The molecule has 1 aliphatic rings. The third kappa shape index (κ3) is 3.04.